The minimum absolute atomic E-state index is 0.163. The lowest BCUT2D eigenvalue weighted by Gasteiger charge is -2.44. The summed E-state index contributed by atoms with van der Waals surface area (Å²) in [7, 11) is 0. The van der Waals surface area contributed by atoms with Crippen molar-refractivity contribution in [1.29, 1.82) is 0 Å². The Morgan fingerprint density at radius 1 is 0.780 bits per heavy atom. The largest absolute Gasteiger partial charge is 0.452 e. The minimum atomic E-state index is -1.74. The van der Waals surface area contributed by atoms with Gasteiger partial charge in [-0.1, -0.05) is 36.4 Å². The van der Waals surface area contributed by atoms with Gasteiger partial charge in [0.25, 0.3) is 0 Å². The summed E-state index contributed by atoms with van der Waals surface area (Å²) in [6, 6.07) is 14.5. The maximum absolute atomic E-state index is 13.1. The van der Waals surface area contributed by atoms with Gasteiger partial charge in [0, 0.05) is 6.92 Å². The summed E-state index contributed by atoms with van der Waals surface area (Å²) < 4.78 is 28.2. The highest BCUT2D eigenvalue weighted by molar-refractivity contribution is 5.90. The number of amides is 1. The molecule has 2 heterocycles. The molecule has 13 heteroatoms. The zero-order valence-corrected chi connectivity index (χ0v) is 22.3. The third-order valence-corrected chi connectivity index (χ3v) is 6.77. The molecule has 4 rings (SSSR count). The maximum atomic E-state index is 13.1. The van der Waals surface area contributed by atoms with Crippen molar-refractivity contribution in [2.45, 2.75) is 75.2 Å². The van der Waals surface area contributed by atoms with E-state index in [1.54, 1.807) is 36.4 Å². The quantitative estimate of drug-likeness (QED) is 0.254. The molecule has 13 nitrogen and oxygen atoms in total. The molecule has 2 aliphatic rings. The van der Waals surface area contributed by atoms with Crippen molar-refractivity contribution in [3.8, 4) is 0 Å². The van der Waals surface area contributed by atoms with Crippen LogP contribution in [0.2, 0.25) is 0 Å². The molecule has 2 fully saturated rings. The lowest BCUT2D eigenvalue weighted by molar-refractivity contribution is -0.312. The Bertz CT molecular complexity index is 1180. The van der Waals surface area contributed by atoms with Gasteiger partial charge in [-0.15, -0.1) is 0 Å². The van der Waals surface area contributed by atoms with Crippen molar-refractivity contribution in [3.63, 3.8) is 0 Å². The van der Waals surface area contributed by atoms with Crippen LogP contribution in [0.1, 0.15) is 34.6 Å². The van der Waals surface area contributed by atoms with Crippen LogP contribution < -0.4 is 5.32 Å². The number of ether oxygens (including phenoxy) is 5. The molecule has 0 bridgehead atoms. The standard InChI is InChI=1S/C28H33NO12/c1-14-20(31)21(32)22(33)28(38-14)37-13-18-23(40-25(34)16-9-5-3-6-10-16)24(19(27(36)39-18)29-15(2)30)41-26(35)17-11-7-4-8-12-17/h3-12,14,18-24,27-28,31-33,36H,13H2,1-2H3,(H,29,30)/t14-,18+,19+,20+,21+,22-,23+,24+,27+,28+/m0/s1. The third-order valence-electron chi connectivity index (χ3n) is 6.77. The van der Waals surface area contributed by atoms with Gasteiger partial charge in [0.05, 0.1) is 23.8 Å². The van der Waals surface area contributed by atoms with E-state index in [1.165, 1.54) is 38.1 Å². The number of hydrogen-bond acceptors (Lipinski definition) is 12. The number of rotatable bonds is 8. The van der Waals surface area contributed by atoms with Crippen LogP contribution in [0.4, 0.5) is 0 Å². The van der Waals surface area contributed by atoms with Crippen molar-refractivity contribution < 1.29 is 58.5 Å². The highest BCUT2D eigenvalue weighted by Gasteiger charge is 2.51. The Kier molecular flexibility index (Phi) is 10.0. The molecule has 41 heavy (non-hydrogen) atoms. The van der Waals surface area contributed by atoms with Crippen molar-refractivity contribution in [2.75, 3.05) is 6.61 Å². The zero-order chi connectivity index (χ0) is 29.7. The molecule has 222 valence electrons. The molecule has 2 aliphatic heterocycles. The van der Waals surface area contributed by atoms with Crippen molar-refractivity contribution in [1.82, 2.24) is 5.32 Å². The van der Waals surface area contributed by atoms with Gasteiger partial charge in [0.15, 0.2) is 24.8 Å². The van der Waals surface area contributed by atoms with Crippen LogP contribution in [0, 0.1) is 0 Å². The van der Waals surface area contributed by atoms with E-state index < -0.39 is 85.8 Å². The molecule has 0 aliphatic carbocycles. The molecule has 0 saturated carbocycles. The van der Waals surface area contributed by atoms with E-state index >= 15 is 0 Å². The van der Waals surface area contributed by atoms with Crippen LogP contribution in [-0.2, 0) is 28.5 Å². The Balaban J connectivity index is 1.63. The molecule has 0 aromatic heterocycles. The number of benzene rings is 2. The maximum Gasteiger partial charge on any atom is 0.338 e. The summed E-state index contributed by atoms with van der Waals surface area (Å²) in [5.41, 5.74) is 0.329. The zero-order valence-electron chi connectivity index (χ0n) is 22.3. The average molecular weight is 576 g/mol. The van der Waals surface area contributed by atoms with E-state index in [2.05, 4.69) is 5.32 Å². The molecule has 2 aromatic carbocycles. The van der Waals surface area contributed by atoms with Crippen molar-refractivity contribution >= 4 is 17.8 Å². The van der Waals surface area contributed by atoms with Crippen molar-refractivity contribution in [3.05, 3.63) is 71.8 Å². The van der Waals surface area contributed by atoms with Gasteiger partial charge in [-0.25, -0.2) is 9.59 Å². The smallest absolute Gasteiger partial charge is 0.338 e. The van der Waals surface area contributed by atoms with Gasteiger partial charge >= 0.3 is 11.9 Å². The molecule has 1 amide bonds. The predicted octanol–water partition coefficient (Wildman–Crippen LogP) is -0.496. The summed E-state index contributed by atoms with van der Waals surface area (Å²) in [5.74, 6) is -2.22. The Labute approximate surface area is 235 Å². The van der Waals surface area contributed by atoms with Crippen LogP contribution in [0.15, 0.2) is 60.7 Å². The van der Waals surface area contributed by atoms with Gasteiger partial charge in [-0.05, 0) is 31.2 Å². The second kappa shape index (κ2) is 13.5. The Morgan fingerprint density at radius 3 is 1.85 bits per heavy atom. The van der Waals surface area contributed by atoms with E-state index in [0.717, 1.165) is 0 Å². The molecule has 2 aromatic rings. The molecule has 5 N–H and O–H groups in total. The predicted molar refractivity (Wildman–Crippen MR) is 138 cm³/mol. The molecule has 10 atom stereocenters. The highest BCUT2D eigenvalue weighted by Crippen LogP contribution is 2.29. The summed E-state index contributed by atoms with van der Waals surface area (Å²) in [6.07, 6.45) is -12.8. The average Bonchev–Trinajstić information content (AvgIpc) is 2.97. The number of aliphatic hydroxyl groups is 4. The first-order valence-corrected chi connectivity index (χ1v) is 13.0. The molecular formula is C28H33NO12. The third kappa shape index (κ3) is 7.26. The van der Waals surface area contributed by atoms with Gasteiger partial charge in [0.1, 0.15) is 30.5 Å². The first-order valence-electron chi connectivity index (χ1n) is 13.0. The van der Waals surface area contributed by atoms with Crippen LogP contribution in [-0.4, -0.2) is 106 Å². The Hall–Kier alpha value is -3.43. The summed E-state index contributed by atoms with van der Waals surface area (Å²) in [5, 5.41) is 43.8. The number of esters is 2. The summed E-state index contributed by atoms with van der Waals surface area (Å²) >= 11 is 0. The summed E-state index contributed by atoms with van der Waals surface area (Å²) in [4.78, 5) is 38.2. The number of aliphatic hydroxyl groups excluding tert-OH is 4. The van der Waals surface area contributed by atoms with E-state index in [9.17, 15) is 34.8 Å². The minimum Gasteiger partial charge on any atom is -0.452 e. The second-order valence-electron chi connectivity index (χ2n) is 9.78. The highest BCUT2D eigenvalue weighted by atomic mass is 16.7. The van der Waals surface area contributed by atoms with Gasteiger partial charge < -0.3 is 49.4 Å². The lowest BCUT2D eigenvalue weighted by Crippen LogP contribution is -2.66. The van der Waals surface area contributed by atoms with E-state index in [1.807, 2.05) is 0 Å². The molecule has 0 radical (unpaired) electrons. The second-order valence-corrected chi connectivity index (χ2v) is 9.78. The number of carbonyl (C=O) groups is 3. The van der Waals surface area contributed by atoms with E-state index in [4.69, 9.17) is 23.7 Å². The normalized spacial score (nSPS) is 33.4. The Morgan fingerprint density at radius 2 is 1.32 bits per heavy atom. The van der Waals surface area contributed by atoms with Crippen LogP contribution >= 0.6 is 0 Å². The number of carbonyl (C=O) groups excluding carboxylic acids is 3. The lowest BCUT2D eigenvalue weighted by atomic mass is 9.95. The van der Waals surface area contributed by atoms with Gasteiger partial charge in [-0.3, -0.25) is 4.79 Å². The summed E-state index contributed by atoms with van der Waals surface area (Å²) in [6.45, 7) is 2.16. The van der Waals surface area contributed by atoms with Crippen LogP contribution in [0.3, 0.4) is 0 Å². The van der Waals surface area contributed by atoms with Crippen LogP contribution in [0.5, 0.6) is 0 Å². The van der Waals surface area contributed by atoms with Gasteiger partial charge in [0.2, 0.25) is 5.91 Å². The van der Waals surface area contributed by atoms with Gasteiger partial charge in [-0.2, -0.15) is 0 Å². The first-order chi connectivity index (χ1) is 19.6. The fourth-order valence-electron chi connectivity index (χ4n) is 4.60. The molecule has 2 saturated heterocycles. The number of nitrogens with one attached hydrogen (secondary N) is 1. The SMILES string of the molecule is CC(=O)N[C@@H]1[C@@H](OC(=O)c2ccccc2)[C@H](OC(=O)c2ccccc2)[C@@H](CO[C@@H]2O[C@@H](C)[C@@H](O)[C@@H](O)[C@@H]2O)O[C@H]1O. The monoisotopic (exact) mass is 575 g/mol. The molecule has 0 spiro atoms. The molecular weight excluding hydrogens is 542 g/mol. The first kappa shape index (κ1) is 30.5. The van der Waals surface area contributed by atoms with Crippen LogP contribution in [0.25, 0.3) is 0 Å². The fraction of sp³-hybridized carbons (Fsp3) is 0.464. The topological polar surface area (TPSA) is 190 Å². The number of hydrogen-bond donors (Lipinski definition) is 5. The fourth-order valence-corrected chi connectivity index (χ4v) is 4.60. The van der Waals surface area contributed by atoms with E-state index in [0.29, 0.717) is 0 Å². The van der Waals surface area contributed by atoms with Crippen molar-refractivity contribution in [2.24, 2.45) is 0 Å². The van der Waals surface area contributed by atoms with E-state index in [-0.39, 0.29) is 11.1 Å². The molecule has 0 unspecified atom stereocenters.